The lowest BCUT2D eigenvalue weighted by Crippen LogP contribution is -2.38. The van der Waals surface area contributed by atoms with E-state index >= 15 is 0 Å². The molecule has 0 aromatic heterocycles. The molecule has 3 N–H and O–H groups in total. The Balaban J connectivity index is 2.76. The molecule has 0 aliphatic rings. The number of hydrogen-bond acceptors (Lipinski definition) is 4. The molecule has 0 radical (unpaired) electrons. The molecular formula is C12H16BrNO4. The van der Waals surface area contributed by atoms with Crippen LogP contribution in [0, 0.1) is 0 Å². The van der Waals surface area contributed by atoms with Gasteiger partial charge in [-0.25, -0.2) is 0 Å². The fourth-order valence-electron chi connectivity index (χ4n) is 1.51. The van der Waals surface area contributed by atoms with Crippen molar-refractivity contribution in [2.24, 2.45) is 0 Å². The summed E-state index contributed by atoms with van der Waals surface area (Å²) >= 11 is 3.24. The van der Waals surface area contributed by atoms with Crippen LogP contribution in [0.2, 0.25) is 0 Å². The van der Waals surface area contributed by atoms with Gasteiger partial charge in [-0.05, 0) is 24.6 Å². The first-order valence-electron chi connectivity index (χ1n) is 5.47. The minimum atomic E-state index is -0.399. The van der Waals surface area contributed by atoms with Crippen LogP contribution in [0.15, 0.2) is 22.7 Å². The van der Waals surface area contributed by atoms with E-state index < -0.39 is 5.91 Å². The second-order valence-electron chi connectivity index (χ2n) is 3.80. The molecule has 100 valence electrons. The summed E-state index contributed by atoms with van der Waals surface area (Å²) < 4.78 is 5.65. The van der Waals surface area contributed by atoms with Gasteiger partial charge in [0.2, 0.25) is 0 Å². The highest BCUT2D eigenvalue weighted by Gasteiger charge is 2.16. The number of phenols is 1. The van der Waals surface area contributed by atoms with Gasteiger partial charge < -0.3 is 20.3 Å². The average Bonchev–Trinajstić information content (AvgIpc) is 2.33. The molecule has 1 rings (SSSR count). The molecule has 1 unspecified atom stereocenters. The zero-order valence-electron chi connectivity index (χ0n) is 10.0. The van der Waals surface area contributed by atoms with Crippen LogP contribution in [0.25, 0.3) is 0 Å². The van der Waals surface area contributed by atoms with Gasteiger partial charge in [0.1, 0.15) is 5.75 Å². The van der Waals surface area contributed by atoms with Crippen LogP contribution in [-0.4, -0.2) is 42.5 Å². The molecule has 1 atom stereocenters. The number of phenolic OH excluding ortho intramolecular Hbond substituents is 1. The molecule has 1 aromatic rings. The zero-order valence-corrected chi connectivity index (χ0v) is 11.6. The molecule has 18 heavy (non-hydrogen) atoms. The highest BCUT2D eigenvalue weighted by molar-refractivity contribution is 9.10. The lowest BCUT2D eigenvalue weighted by atomic mass is 10.1. The molecular weight excluding hydrogens is 302 g/mol. The van der Waals surface area contributed by atoms with Crippen LogP contribution in [-0.2, 0) is 4.74 Å². The molecule has 0 saturated heterocycles. The van der Waals surface area contributed by atoms with Crippen LogP contribution >= 0.6 is 15.9 Å². The van der Waals surface area contributed by atoms with Crippen molar-refractivity contribution in [3.8, 4) is 5.75 Å². The van der Waals surface area contributed by atoms with E-state index in [-0.39, 0.29) is 24.0 Å². The van der Waals surface area contributed by atoms with Crippen LogP contribution < -0.4 is 5.32 Å². The zero-order chi connectivity index (χ0) is 13.5. The largest absolute Gasteiger partial charge is 0.507 e. The molecule has 1 aromatic carbocycles. The molecule has 1 amide bonds. The van der Waals surface area contributed by atoms with Crippen molar-refractivity contribution in [3.05, 3.63) is 28.2 Å². The monoisotopic (exact) mass is 317 g/mol. The summed E-state index contributed by atoms with van der Waals surface area (Å²) in [6.45, 7) is 0.264. The number of methoxy groups -OCH3 is 1. The molecule has 6 heteroatoms. The maximum absolute atomic E-state index is 11.9. The van der Waals surface area contributed by atoms with Crippen LogP contribution in [0.1, 0.15) is 16.8 Å². The van der Waals surface area contributed by atoms with Gasteiger partial charge in [-0.1, -0.05) is 15.9 Å². The Bertz CT molecular complexity index is 405. The predicted molar refractivity (Wildman–Crippen MR) is 70.6 cm³/mol. The van der Waals surface area contributed by atoms with E-state index in [0.29, 0.717) is 17.5 Å². The maximum atomic E-state index is 11.9. The van der Waals surface area contributed by atoms with Crippen molar-refractivity contribution in [1.29, 1.82) is 0 Å². The van der Waals surface area contributed by atoms with Crippen molar-refractivity contribution in [1.82, 2.24) is 5.32 Å². The summed E-state index contributed by atoms with van der Waals surface area (Å²) in [5.74, 6) is -0.486. The molecule has 0 spiro atoms. The highest BCUT2D eigenvalue weighted by atomic mass is 79.9. The van der Waals surface area contributed by atoms with Crippen LogP contribution in [0.3, 0.4) is 0 Å². The molecule has 0 aliphatic carbocycles. The highest BCUT2D eigenvalue weighted by Crippen LogP contribution is 2.21. The fraction of sp³-hybridized carbons (Fsp3) is 0.417. The Morgan fingerprint density at radius 1 is 1.56 bits per heavy atom. The van der Waals surface area contributed by atoms with E-state index in [9.17, 15) is 9.90 Å². The Morgan fingerprint density at radius 2 is 2.28 bits per heavy atom. The smallest absolute Gasteiger partial charge is 0.255 e. The third-order valence-electron chi connectivity index (χ3n) is 2.38. The van der Waals surface area contributed by atoms with Crippen molar-refractivity contribution in [3.63, 3.8) is 0 Å². The van der Waals surface area contributed by atoms with Crippen molar-refractivity contribution in [2.75, 3.05) is 20.3 Å². The minimum absolute atomic E-state index is 0.0429. The minimum Gasteiger partial charge on any atom is -0.507 e. The van der Waals surface area contributed by atoms with Crippen molar-refractivity contribution in [2.45, 2.75) is 12.5 Å². The summed E-state index contributed by atoms with van der Waals surface area (Å²) in [7, 11) is 1.52. The summed E-state index contributed by atoms with van der Waals surface area (Å²) in [4.78, 5) is 11.9. The molecule has 0 aliphatic heterocycles. The van der Waals surface area contributed by atoms with Crippen molar-refractivity contribution < 1.29 is 19.7 Å². The number of halogens is 1. The summed E-state index contributed by atoms with van der Waals surface area (Å²) in [5, 5.41) is 21.2. The van der Waals surface area contributed by atoms with Gasteiger partial charge in [0.15, 0.2) is 0 Å². The SMILES string of the molecule is COCC(CCO)NC(=O)c1cc(Br)ccc1O. The van der Waals surface area contributed by atoms with Gasteiger partial charge in [0, 0.05) is 18.2 Å². The van der Waals surface area contributed by atoms with Gasteiger partial charge in [-0.3, -0.25) is 4.79 Å². The molecule has 0 fully saturated rings. The van der Waals surface area contributed by atoms with Crippen LogP contribution in [0.4, 0.5) is 0 Å². The summed E-state index contributed by atoms with van der Waals surface area (Å²) in [6, 6.07) is 4.34. The van der Waals surface area contributed by atoms with Gasteiger partial charge in [-0.2, -0.15) is 0 Å². The maximum Gasteiger partial charge on any atom is 0.255 e. The number of carbonyl (C=O) groups is 1. The number of aliphatic hydroxyl groups is 1. The second kappa shape index (κ2) is 7.35. The number of ether oxygens (including phenoxy) is 1. The summed E-state index contributed by atoms with van der Waals surface area (Å²) in [5.41, 5.74) is 0.184. The third kappa shape index (κ3) is 4.29. The van der Waals surface area contributed by atoms with Gasteiger partial charge in [0.05, 0.1) is 18.2 Å². The lowest BCUT2D eigenvalue weighted by molar-refractivity contribution is 0.0876. The van der Waals surface area contributed by atoms with Gasteiger partial charge in [0.25, 0.3) is 5.91 Å². The summed E-state index contributed by atoms with van der Waals surface area (Å²) in [6.07, 6.45) is 0.397. The topological polar surface area (TPSA) is 78.8 Å². The number of rotatable bonds is 6. The van der Waals surface area contributed by atoms with E-state index in [1.54, 1.807) is 6.07 Å². The van der Waals surface area contributed by atoms with Crippen LogP contribution in [0.5, 0.6) is 5.75 Å². The number of aromatic hydroxyl groups is 1. The van der Waals surface area contributed by atoms with E-state index in [4.69, 9.17) is 9.84 Å². The van der Waals surface area contributed by atoms with E-state index in [2.05, 4.69) is 21.2 Å². The number of carbonyl (C=O) groups excluding carboxylic acids is 1. The predicted octanol–water partition coefficient (Wildman–Crippen LogP) is 1.28. The molecule has 0 heterocycles. The van der Waals surface area contributed by atoms with E-state index in [1.165, 1.54) is 19.2 Å². The first kappa shape index (κ1) is 14.9. The Morgan fingerprint density at radius 3 is 2.89 bits per heavy atom. The lowest BCUT2D eigenvalue weighted by Gasteiger charge is -2.17. The fourth-order valence-corrected chi connectivity index (χ4v) is 1.87. The molecule has 5 nitrogen and oxygen atoms in total. The van der Waals surface area contributed by atoms with E-state index in [1.807, 2.05) is 0 Å². The molecule has 0 saturated carbocycles. The number of aliphatic hydroxyl groups excluding tert-OH is 1. The average molecular weight is 318 g/mol. The third-order valence-corrected chi connectivity index (χ3v) is 2.88. The second-order valence-corrected chi connectivity index (χ2v) is 4.72. The Hall–Kier alpha value is -1.11. The number of amides is 1. The number of nitrogens with one attached hydrogen (secondary N) is 1. The Kier molecular flexibility index (Phi) is 6.11. The number of benzene rings is 1. The first-order chi connectivity index (χ1) is 8.58. The molecule has 0 bridgehead atoms. The van der Waals surface area contributed by atoms with Gasteiger partial charge >= 0.3 is 0 Å². The normalized spacial score (nSPS) is 12.2. The standard InChI is InChI=1S/C12H16BrNO4/c1-18-7-9(4-5-15)14-12(17)10-6-8(13)2-3-11(10)16/h2-3,6,9,15-16H,4-5,7H2,1H3,(H,14,17). The van der Waals surface area contributed by atoms with Crippen molar-refractivity contribution >= 4 is 21.8 Å². The van der Waals surface area contributed by atoms with Gasteiger partial charge in [-0.15, -0.1) is 0 Å². The number of hydrogen-bond donors (Lipinski definition) is 3. The first-order valence-corrected chi connectivity index (χ1v) is 6.27. The Labute approximate surface area is 114 Å². The van der Waals surface area contributed by atoms with E-state index in [0.717, 1.165) is 0 Å². The quantitative estimate of drug-likeness (QED) is 0.738.